The van der Waals surface area contributed by atoms with Crippen molar-refractivity contribution in [2.45, 2.75) is 6.92 Å². The van der Waals surface area contributed by atoms with E-state index in [9.17, 15) is 9.90 Å². The van der Waals surface area contributed by atoms with Crippen molar-refractivity contribution in [3.8, 4) is 0 Å². The Morgan fingerprint density at radius 2 is 1.93 bits per heavy atom. The first-order chi connectivity index (χ1) is 6.68. The fraction of sp³-hybridized carbons (Fsp3) is 0.0833. The van der Waals surface area contributed by atoms with Crippen molar-refractivity contribution in [2.75, 3.05) is 0 Å². The third-order valence-electron chi connectivity index (χ3n) is 2.34. The van der Waals surface area contributed by atoms with Gasteiger partial charge in [-0.15, -0.1) is 0 Å². The normalized spacial score (nSPS) is 9.67. The minimum Gasteiger partial charge on any atom is -0.545 e. The van der Waals surface area contributed by atoms with Gasteiger partial charge in [0.15, 0.2) is 0 Å². The molecule has 0 aliphatic heterocycles. The van der Waals surface area contributed by atoms with E-state index in [1.165, 1.54) is 0 Å². The van der Waals surface area contributed by atoms with Crippen molar-refractivity contribution >= 4 is 44.0 Å². The van der Waals surface area contributed by atoms with E-state index in [1.54, 1.807) is 18.2 Å². The molecule has 0 spiro atoms. The number of hydrogen-bond acceptors (Lipinski definition) is 2. The summed E-state index contributed by atoms with van der Waals surface area (Å²) in [6.45, 7) is 1.96. The topological polar surface area (TPSA) is 40.1 Å². The summed E-state index contributed by atoms with van der Waals surface area (Å²) in [5, 5.41) is 12.7. The number of aryl methyl sites for hydroxylation is 1. The molecule has 3 heteroatoms. The Balaban J connectivity index is 0.00000112. The molecule has 0 saturated heterocycles. The third kappa shape index (κ3) is 2.37. The first-order valence-corrected chi connectivity index (χ1v) is 4.39. The van der Waals surface area contributed by atoms with Crippen LogP contribution >= 0.6 is 0 Å². The molecule has 2 aromatic carbocycles. The van der Waals surface area contributed by atoms with Crippen LogP contribution in [-0.2, 0) is 0 Å². The maximum Gasteiger partial charge on any atom is 1.00 e. The molecule has 0 heterocycles. The fourth-order valence-electron chi connectivity index (χ4n) is 1.56. The molecule has 0 aliphatic carbocycles. The molecule has 72 valence electrons. The number of hydrogen-bond donors (Lipinski definition) is 0. The maximum absolute atomic E-state index is 10.6. The van der Waals surface area contributed by atoms with Gasteiger partial charge in [-0.05, 0) is 34.9 Å². The Bertz CT molecular complexity index is 506. The smallest absolute Gasteiger partial charge is 0.545 e. The predicted octanol–water partition coefficient (Wildman–Crippen LogP) is 1.13. The van der Waals surface area contributed by atoms with Gasteiger partial charge in [0.1, 0.15) is 0 Å². The first-order valence-electron chi connectivity index (χ1n) is 4.39. The number of aromatic carboxylic acids is 1. The number of carbonyl (C=O) groups is 1. The van der Waals surface area contributed by atoms with E-state index in [4.69, 9.17) is 0 Å². The minimum atomic E-state index is -1.13. The van der Waals surface area contributed by atoms with Gasteiger partial charge >= 0.3 is 27.3 Å². The van der Waals surface area contributed by atoms with Crippen LogP contribution in [0.3, 0.4) is 0 Å². The zero-order valence-electron chi connectivity index (χ0n) is 8.36. The SMILES string of the molecule is Cc1cccc2ccc(C(=O)[O-])cc12.[Tl+]. The monoisotopic (exact) mass is 390 g/mol. The Hall–Kier alpha value is -0.908. The van der Waals surface area contributed by atoms with Gasteiger partial charge in [-0.3, -0.25) is 0 Å². The van der Waals surface area contributed by atoms with Gasteiger partial charge < -0.3 is 9.90 Å². The molecule has 0 saturated carbocycles. The number of carboxylic acid groups (broad SMARTS) is 1. The molecule has 15 heavy (non-hydrogen) atoms. The molecule has 2 aromatic rings. The summed E-state index contributed by atoms with van der Waals surface area (Å²) in [6, 6.07) is 10.9. The minimum absolute atomic E-state index is 0. The van der Waals surface area contributed by atoms with Crippen LogP contribution in [0.5, 0.6) is 0 Å². The molecule has 0 aliphatic rings. The Kier molecular flexibility index (Phi) is 3.85. The molecule has 0 amide bonds. The van der Waals surface area contributed by atoms with Crippen LogP contribution < -0.4 is 5.11 Å². The van der Waals surface area contributed by atoms with Gasteiger partial charge in [-0.1, -0.05) is 30.3 Å². The Morgan fingerprint density at radius 3 is 2.60 bits per heavy atom. The van der Waals surface area contributed by atoms with E-state index in [0.717, 1.165) is 16.3 Å². The van der Waals surface area contributed by atoms with Crippen molar-refractivity contribution in [3.63, 3.8) is 0 Å². The molecule has 0 aromatic heterocycles. The van der Waals surface area contributed by atoms with E-state index >= 15 is 0 Å². The van der Waals surface area contributed by atoms with Gasteiger partial charge in [-0.2, -0.15) is 0 Å². The van der Waals surface area contributed by atoms with E-state index < -0.39 is 5.97 Å². The van der Waals surface area contributed by atoms with Crippen LogP contribution in [0.2, 0.25) is 0 Å². The number of benzene rings is 2. The predicted molar refractivity (Wildman–Crippen MR) is 58.8 cm³/mol. The van der Waals surface area contributed by atoms with Crippen molar-refractivity contribution < 1.29 is 9.90 Å². The summed E-state index contributed by atoms with van der Waals surface area (Å²) < 4.78 is 0. The van der Waals surface area contributed by atoms with E-state index in [-0.39, 0.29) is 32.9 Å². The first kappa shape index (κ1) is 12.2. The zero-order valence-corrected chi connectivity index (χ0v) is 12.8. The van der Waals surface area contributed by atoms with Gasteiger partial charge in [-0.25, -0.2) is 0 Å². The fourth-order valence-corrected chi connectivity index (χ4v) is 1.56. The van der Waals surface area contributed by atoms with Gasteiger partial charge in [0, 0.05) is 0 Å². The van der Waals surface area contributed by atoms with E-state index in [1.807, 2.05) is 25.1 Å². The number of carboxylic acids is 1. The summed E-state index contributed by atoms with van der Waals surface area (Å²) in [4.78, 5) is 10.6. The van der Waals surface area contributed by atoms with Gasteiger partial charge in [0.05, 0.1) is 5.97 Å². The molecule has 0 atom stereocenters. The van der Waals surface area contributed by atoms with Crippen molar-refractivity contribution in [3.05, 3.63) is 47.5 Å². The largest absolute Gasteiger partial charge is 1.00 e. The second-order valence-corrected chi connectivity index (χ2v) is 3.30. The van der Waals surface area contributed by atoms with Crippen LogP contribution in [-0.4, -0.2) is 33.3 Å². The molecule has 2 nitrogen and oxygen atoms in total. The Morgan fingerprint density at radius 1 is 1.20 bits per heavy atom. The molecular weight excluding hydrogens is 381 g/mol. The number of rotatable bonds is 1. The van der Waals surface area contributed by atoms with Crippen LogP contribution in [0.4, 0.5) is 0 Å². The van der Waals surface area contributed by atoms with Gasteiger partial charge in [0.25, 0.3) is 0 Å². The summed E-state index contributed by atoms with van der Waals surface area (Å²) in [6.07, 6.45) is 0. The Labute approximate surface area is 108 Å². The average molecular weight is 390 g/mol. The van der Waals surface area contributed by atoms with Crippen LogP contribution in [0.15, 0.2) is 36.4 Å². The van der Waals surface area contributed by atoms with Crippen molar-refractivity contribution in [2.24, 2.45) is 0 Å². The zero-order chi connectivity index (χ0) is 10.1. The third-order valence-corrected chi connectivity index (χ3v) is 2.34. The molecule has 0 radical (unpaired) electrons. The molecule has 2 rings (SSSR count). The van der Waals surface area contributed by atoms with Crippen molar-refractivity contribution in [1.82, 2.24) is 0 Å². The molecule has 0 N–H and O–H groups in total. The standard InChI is InChI=1S/C12H10O2.Tl/c1-8-3-2-4-9-5-6-10(12(13)14)7-11(8)9;/h2-7H,1H3,(H,13,14);/q;+1/p-1. The van der Waals surface area contributed by atoms with Crippen LogP contribution in [0.25, 0.3) is 10.8 Å². The second-order valence-electron chi connectivity index (χ2n) is 3.30. The number of fused-ring (bicyclic) bond motifs is 1. The molecule has 0 unspecified atom stereocenters. The second kappa shape index (κ2) is 4.74. The number of carbonyl (C=O) groups excluding carboxylic acids is 1. The maximum atomic E-state index is 10.6. The summed E-state index contributed by atoms with van der Waals surface area (Å²) >= 11 is 0. The van der Waals surface area contributed by atoms with E-state index in [2.05, 4.69) is 0 Å². The van der Waals surface area contributed by atoms with Crippen molar-refractivity contribution in [1.29, 1.82) is 0 Å². The molecule has 0 bridgehead atoms. The molecule has 0 fully saturated rings. The van der Waals surface area contributed by atoms with E-state index in [0.29, 0.717) is 0 Å². The van der Waals surface area contributed by atoms with Crippen LogP contribution in [0.1, 0.15) is 15.9 Å². The summed E-state index contributed by atoms with van der Waals surface area (Å²) in [5.41, 5.74) is 1.30. The average Bonchev–Trinajstić information content (AvgIpc) is 2.18. The summed E-state index contributed by atoms with van der Waals surface area (Å²) in [7, 11) is 0. The van der Waals surface area contributed by atoms with Crippen LogP contribution in [0, 0.1) is 6.92 Å². The summed E-state index contributed by atoms with van der Waals surface area (Å²) in [5.74, 6) is -1.13. The quantitative estimate of drug-likeness (QED) is 0.686. The molecular formula is C12H9O2Tl. The van der Waals surface area contributed by atoms with Gasteiger partial charge in [0.2, 0.25) is 0 Å².